The second-order valence-electron chi connectivity index (χ2n) is 8.01. The SMILES string of the molecule is COc1ccc(CC[C@@]2(C)NC(=O)N(Cc3csc(-c4ccc(C)cc4)n3)C2=O)cc1. The summed E-state index contributed by atoms with van der Waals surface area (Å²) in [7, 11) is 1.63. The van der Waals surface area contributed by atoms with Gasteiger partial charge in [0.15, 0.2) is 0 Å². The van der Waals surface area contributed by atoms with Crippen molar-refractivity contribution in [2.24, 2.45) is 0 Å². The summed E-state index contributed by atoms with van der Waals surface area (Å²) in [5, 5.41) is 5.66. The molecule has 4 rings (SSSR count). The van der Waals surface area contributed by atoms with Gasteiger partial charge in [0, 0.05) is 10.9 Å². The first-order valence-corrected chi connectivity index (χ1v) is 11.0. The molecule has 3 aromatic rings. The van der Waals surface area contributed by atoms with Crippen molar-refractivity contribution < 1.29 is 14.3 Å². The van der Waals surface area contributed by atoms with Gasteiger partial charge in [0.25, 0.3) is 5.91 Å². The normalized spacial score (nSPS) is 18.4. The van der Waals surface area contributed by atoms with Crippen LogP contribution in [0.1, 0.15) is 30.2 Å². The van der Waals surface area contributed by atoms with Crippen LogP contribution in [0.3, 0.4) is 0 Å². The third-order valence-corrected chi connectivity index (χ3v) is 6.53. The first-order chi connectivity index (χ1) is 14.9. The third kappa shape index (κ3) is 4.46. The Hall–Kier alpha value is -3.19. The molecule has 31 heavy (non-hydrogen) atoms. The predicted molar refractivity (Wildman–Crippen MR) is 121 cm³/mol. The Balaban J connectivity index is 1.42. The minimum absolute atomic E-state index is 0.172. The van der Waals surface area contributed by atoms with Crippen LogP contribution in [-0.4, -0.2) is 34.5 Å². The summed E-state index contributed by atoms with van der Waals surface area (Å²) in [6.45, 7) is 4.00. The van der Waals surface area contributed by atoms with E-state index in [0.717, 1.165) is 21.9 Å². The number of hydrogen-bond donors (Lipinski definition) is 1. The number of ether oxygens (including phenoxy) is 1. The molecule has 2 heterocycles. The number of nitrogens with zero attached hydrogens (tertiary/aromatic N) is 2. The lowest BCUT2D eigenvalue weighted by atomic mass is 9.93. The number of benzene rings is 2. The molecule has 7 heteroatoms. The van der Waals surface area contributed by atoms with Gasteiger partial charge in [-0.05, 0) is 44.4 Å². The summed E-state index contributed by atoms with van der Waals surface area (Å²) in [5.41, 5.74) is 3.10. The molecule has 0 saturated carbocycles. The maximum atomic E-state index is 13.1. The molecule has 1 aliphatic rings. The quantitative estimate of drug-likeness (QED) is 0.552. The average molecular weight is 436 g/mol. The van der Waals surface area contributed by atoms with E-state index in [1.54, 1.807) is 14.0 Å². The highest BCUT2D eigenvalue weighted by Gasteiger charge is 2.47. The van der Waals surface area contributed by atoms with Crippen LogP contribution < -0.4 is 10.1 Å². The zero-order valence-corrected chi connectivity index (χ0v) is 18.7. The highest BCUT2D eigenvalue weighted by atomic mass is 32.1. The lowest BCUT2D eigenvalue weighted by molar-refractivity contribution is -0.131. The molecule has 0 bridgehead atoms. The van der Waals surface area contributed by atoms with E-state index < -0.39 is 5.54 Å². The zero-order valence-electron chi connectivity index (χ0n) is 17.8. The van der Waals surface area contributed by atoms with E-state index >= 15 is 0 Å². The van der Waals surface area contributed by atoms with Crippen molar-refractivity contribution in [3.05, 3.63) is 70.7 Å². The number of urea groups is 1. The van der Waals surface area contributed by atoms with Crippen LogP contribution in [0.25, 0.3) is 10.6 Å². The van der Waals surface area contributed by atoms with Gasteiger partial charge in [-0.1, -0.05) is 42.0 Å². The molecule has 2 aromatic carbocycles. The van der Waals surface area contributed by atoms with Crippen molar-refractivity contribution in [1.82, 2.24) is 15.2 Å². The number of methoxy groups -OCH3 is 1. The minimum Gasteiger partial charge on any atom is -0.497 e. The number of aryl methyl sites for hydroxylation is 2. The maximum absolute atomic E-state index is 13.1. The van der Waals surface area contributed by atoms with Gasteiger partial charge in [-0.25, -0.2) is 9.78 Å². The fourth-order valence-electron chi connectivity index (χ4n) is 3.62. The Kier molecular flexibility index (Phi) is 5.78. The summed E-state index contributed by atoms with van der Waals surface area (Å²) >= 11 is 1.51. The second kappa shape index (κ2) is 8.51. The highest BCUT2D eigenvalue weighted by Crippen LogP contribution is 2.28. The van der Waals surface area contributed by atoms with Gasteiger partial charge in [0.2, 0.25) is 0 Å². The van der Waals surface area contributed by atoms with Crippen molar-refractivity contribution in [3.8, 4) is 16.3 Å². The fraction of sp³-hybridized carbons (Fsp3) is 0.292. The Bertz CT molecular complexity index is 1090. The molecule has 0 radical (unpaired) electrons. The number of amides is 3. The number of thiazole rings is 1. The van der Waals surface area contributed by atoms with Crippen LogP contribution in [0.5, 0.6) is 5.75 Å². The highest BCUT2D eigenvalue weighted by molar-refractivity contribution is 7.13. The molecule has 3 amide bonds. The fourth-order valence-corrected chi connectivity index (χ4v) is 4.43. The summed E-state index contributed by atoms with van der Waals surface area (Å²) in [4.78, 5) is 31.5. The van der Waals surface area contributed by atoms with E-state index in [1.807, 2.05) is 60.8 Å². The molecular weight excluding hydrogens is 410 g/mol. The number of carbonyl (C=O) groups excluding carboxylic acids is 2. The molecule has 1 aromatic heterocycles. The van der Waals surface area contributed by atoms with Crippen LogP contribution in [0.4, 0.5) is 4.79 Å². The molecule has 6 nitrogen and oxygen atoms in total. The molecule has 0 spiro atoms. The Labute approximate surface area is 185 Å². The van der Waals surface area contributed by atoms with Crippen LogP contribution in [0.2, 0.25) is 0 Å². The molecule has 0 unspecified atom stereocenters. The number of hydrogen-bond acceptors (Lipinski definition) is 5. The summed E-state index contributed by atoms with van der Waals surface area (Å²) in [6, 6.07) is 15.5. The molecule has 1 atom stereocenters. The molecule has 1 aliphatic heterocycles. The lowest BCUT2D eigenvalue weighted by Crippen LogP contribution is -2.44. The first-order valence-electron chi connectivity index (χ1n) is 10.2. The van der Waals surface area contributed by atoms with Crippen molar-refractivity contribution in [3.63, 3.8) is 0 Å². The topological polar surface area (TPSA) is 71.5 Å². The standard InChI is InChI=1S/C24H25N3O3S/c1-16-4-8-18(9-5-16)21-25-19(15-31-21)14-27-22(28)24(2,26-23(27)29)13-12-17-6-10-20(30-3)11-7-17/h4-11,15H,12-14H2,1-3H3,(H,26,29)/t24-/m1/s1. The Morgan fingerprint density at radius 1 is 1.10 bits per heavy atom. The molecule has 160 valence electrons. The Morgan fingerprint density at radius 3 is 2.48 bits per heavy atom. The summed E-state index contributed by atoms with van der Waals surface area (Å²) < 4.78 is 5.18. The van der Waals surface area contributed by atoms with Crippen molar-refractivity contribution in [1.29, 1.82) is 0 Å². The summed E-state index contributed by atoms with van der Waals surface area (Å²) in [6.07, 6.45) is 1.20. The first kappa shape index (κ1) is 21.1. The molecule has 1 N–H and O–H groups in total. The number of rotatable bonds is 7. The van der Waals surface area contributed by atoms with Gasteiger partial charge in [-0.3, -0.25) is 9.69 Å². The van der Waals surface area contributed by atoms with Crippen LogP contribution in [-0.2, 0) is 17.8 Å². The Morgan fingerprint density at radius 2 is 1.81 bits per heavy atom. The van der Waals surface area contributed by atoms with E-state index in [9.17, 15) is 9.59 Å². The van der Waals surface area contributed by atoms with Gasteiger partial charge < -0.3 is 10.1 Å². The number of aromatic nitrogens is 1. The largest absolute Gasteiger partial charge is 0.497 e. The molecule has 1 saturated heterocycles. The van der Waals surface area contributed by atoms with E-state index in [0.29, 0.717) is 18.5 Å². The van der Waals surface area contributed by atoms with Gasteiger partial charge in [-0.2, -0.15) is 0 Å². The van der Waals surface area contributed by atoms with Crippen molar-refractivity contribution in [2.45, 2.75) is 38.8 Å². The molecule has 0 aliphatic carbocycles. The predicted octanol–water partition coefficient (Wildman–Crippen LogP) is 4.57. The van der Waals surface area contributed by atoms with Gasteiger partial charge in [0.05, 0.1) is 19.3 Å². The molecule has 1 fully saturated rings. The number of nitrogens with one attached hydrogen (secondary N) is 1. The number of carbonyl (C=O) groups is 2. The third-order valence-electron chi connectivity index (χ3n) is 5.59. The van der Waals surface area contributed by atoms with Crippen LogP contribution in [0, 0.1) is 6.92 Å². The maximum Gasteiger partial charge on any atom is 0.325 e. The van der Waals surface area contributed by atoms with E-state index in [-0.39, 0.29) is 18.5 Å². The smallest absolute Gasteiger partial charge is 0.325 e. The molecular formula is C24H25N3O3S. The van der Waals surface area contributed by atoms with Crippen LogP contribution in [0.15, 0.2) is 53.9 Å². The monoisotopic (exact) mass is 435 g/mol. The summed E-state index contributed by atoms with van der Waals surface area (Å²) in [5.74, 6) is 0.579. The second-order valence-corrected chi connectivity index (χ2v) is 8.87. The van der Waals surface area contributed by atoms with Gasteiger partial charge in [-0.15, -0.1) is 11.3 Å². The van der Waals surface area contributed by atoms with E-state index in [1.165, 1.54) is 21.8 Å². The van der Waals surface area contributed by atoms with Gasteiger partial charge >= 0.3 is 6.03 Å². The zero-order chi connectivity index (χ0) is 22.0. The van der Waals surface area contributed by atoms with E-state index in [2.05, 4.69) is 10.3 Å². The average Bonchev–Trinajstić information content (AvgIpc) is 3.32. The van der Waals surface area contributed by atoms with Crippen molar-refractivity contribution >= 4 is 23.3 Å². The van der Waals surface area contributed by atoms with Crippen molar-refractivity contribution in [2.75, 3.05) is 7.11 Å². The van der Waals surface area contributed by atoms with E-state index in [4.69, 9.17) is 4.74 Å². The minimum atomic E-state index is -0.924. The lowest BCUT2D eigenvalue weighted by Gasteiger charge is -2.21. The van der Waals surface area contributed by atoms with Gasteiger partial charge in [0.1, 0.15) is 16.3 Å². The van der Waals surface area contributed by atoms with Crippen LogP contribution >= 0.6 is 11.3 Å². The number of imide groups is 1.